The van der Waals surface area contributed by atoms with E-state index in [9.17, 15) is 4.79 Å². The largest absolute Gasteiger partial charge is 0.462 e. The minimum Gasteiger partial charge on any atom is -0.462 e. The van der Waals surface area contributed by atoms with Crippen LogP contribution in [0.3, 0.4) is 0 Å². The molecule has 2 aromatic carbocycles. The Hall–Kier alpha value is -2.40. The third-order valence-electron chi connectivity index (χ3n) is 4.66. The molecule has 0 aromatic heterocycles. The minimum atomic E-state index is -0.304. The molecule has 0 bridgehead atoms. The van der Waals surface area contributed by atoms with Crippen LogP contribution >= 0.6 is 12.2 Å². The Kier molecular flexibility index (Phi) is 5.89. The van der Waals surface area contributed by atoms with Crippen molar-refractivity contribution in [3.8, 4) is 0 Å². The van der Waals surface area contributed by atoms with Gasteiger partial charge < -0.3 is 15.4 Å². The van der Waals surface area contributed by atoms with Gasteiger partial charge in [0.1, 0.15) is 0 Å². The Labute approximate surface area is 160 Å². The summed E-state index contributed by atoms with van der Waals surface area (Å²) in [6.45, 7) is 4.12. The van der Waals surface area contributed by atoms with Crippen molar-refractivity contribution < 1.29 is 9.53 Å². The van der Waals surface area contributed by atoms with E-state index in [1.807, 2.05) is 19.1 Å². The van der Waals surface area contributed by atoms with Crippen molar-refractivity contribution in [2.45, 2.75) is 39.2 Å². The molecular formula is C21H24N2O2S. The van der Waals surface area contributed by atoms with Crippen LogP contribution in [0, 0.1) is 6.92 Å². The number of hydrogen-bond acceptors (Lipinski definition) is 3. The quantitative estimate of drug-likeness (QED) is 0.613. The van der Waals surface area contributed by atoms with Crippen LogP contribution in [0.15, 0.2) is 42.5 Å². The smallest absolute Gasteiger partial charge is 0.338 e. The number of benzene rings is 2. The number of aryl methyl sites for hydroxylation is 2. The summed E-state index contributed by atoms with van der Waals surface area (Å²) in [5.74, 6) is -0.304. The van der Waals surface area contributed by atoms with Gasteiger partial charge in [0.15, 0.2) is 5.11 Å². The third-order valence-corrected chi connectivity index (χ3v) is 4.88. The maximum atomic E-state index is 11.8. The molecule has 0 amide bonds. The lowest BCUT2D eigenvalue weighted by Gasteiger charge is -2.27. The van der Waals surface area contributed by atoms with E-state index in [-0.39, 0.29) is 12.0 Å². The zero-order chi connectivity index (χ0) is 18.5. The Balaban J connectivity index is 1.67. The van der Waals surface area contributed by atoms with E-state index in [0.29, 0.717) is 17.3 Å². The number of hydrogen-bond donors (Lipinski definition) is 2. The van der Waals surface area contributed by atoms with Crippen LogP contribution < -0.4 is 10.6 Å². The molecule has 3 rings (SSSR count). The van der Waals surface area contributed by atoms with Gasteiger partial charge >= 0.3 is 5.97 Å². The van der Waals surface area contributed by atoms with Gasteiger partial charge in [-0.2, -0.15) is 0 Å². The van der Waals surface area contributed by atoms with Crippen molar-refractivity contribution >= 4 is 29.0 Å². The van der Waals surface area contributed by atoms with Crippen LogP contribution in [0.25, 0.3) is 0 Å². The number of fused-ring (bicyclic) bond motifs is 1. The molecule has 2 aromatic rings. The zero-order valence-corrected chi connectivity index (χ0v) is 16.0. The highest BCUT2D eigenvalue weighted by atomic mass is 32.1. The molecule has 0 fully saturated rings. The number of esters is 1. The normalized spacial score (nSPS) is 15.7. The lowest BCUT2D eigenvalue weighted by molar-refractivity contribution is 0.0526. The van der Waals surface area contributed by atoms with Gasteiger partial charge in [-0.05, 0) is 80.2 Å². The minimum absolute atomic E-state index is 0.235. The van der Waals surface area contributed by atoms with E-state index in [1.165, 1.54) is 11.1 Å². The second-order valence-electron chi connectivity index (χ2n) is 6.49. The fourth-order valence-electron chi connectivity index (χ4n) is 3.37. The second kappa shape index (κ2) is 8.32. The average Bonchev–Trinajstić information content (AvgIpc) is 2.64. The maximum Gasteiger partial charge on any atom is 0.338 e. The number of carbonyl (C=O) groups excluding carboxylic acids is 1. The van der Waals surface area contributed by atoms with Crippen molar-refractivity contribution in [2.24, 2.45) is 0 Å². The van der Waals surface area contributed by atoms with Gasteiger partial charge in [0.25, 0.3) is 0 Å². The van der Waals surface area contributed by atoms with Gasteiger partial charge in [0, 0.05) is 5.69 Å². The molecule has 0 aliphatic heterocycles. The Morgan fingerprint density at radius 3 is 2.85 bits per heavy atom. The SMILES string of the molecule is CCOC(=O)c1ccc(NC(=S)N[C@H]2CCCc3ccccc32)c(C)c1. The van der Waals surface area contributed by atoms with Crippen molar-refractivity contribution in [2.75, 3.05) is 11.9 Å². The van der Waals surface area contributed by atoms with E-state index < -0.39 is 0 Å². The summed E-state index contributed by atoms with van der Waals surface area (Å²) >= 11 is 5.52. The molecule has 136 valence electrons. The maximum absolute atomic E-state index is 11.8. The molecule has 2 N–H and O–H groups in total. The first-order valence-electron chi connectivity index (χ1n) is 9.01. The number of nitrogens with one attached hydrogen (secondary N) is 2. The number of carbonyl (C=O) groups is 1. The highest BCUT2D eigenvalue weighted by Gasteiger charge is 2.20. The molecule has 0 unspecified atom stereocenters. The molecule has 1 aliphatic rings. The lowest BCUT2D eigenvalue weighted by atomic mass is 9.88. The first-order valence-corrected chi connectivity index (χ1v) is 9.42. The van der Waals surface area contributed by atoms with E-state index >= 15 is 0 Å². The van der Waals surface area contributed by atoms with Crippen LogP contribution in [0.1, 0.15) is 52.9 Å². The number of ether oxygens (including phenoxy) is 1. The molecule has 0 spiro atoms. The molecule has 4 nitrogen and oxygen atoms in total. The Bertz CT molecular complexity index is 819. The highest BCUT2D eigenvalue weighted by Crippen LogP contribution is 2.29. The molecule has 0 radical (unpaired) electrons. The first kappa shape index (κ1) is 18.4. The lowest BCUT2D eigenvalue weighted by Crippen LogP contribution is -2.34. The number of rotatable bonds is 4. The molecule has 1 aliphatic carbocycles. The summed E-state index contributed by atoms with van der Waals surface area (Å²) in [6.07, 6.45) is 3.35. The van der Waals surface area contributed by atoms with Gasteiger partial charge in [-0.1, -0.05) is 24.3 Å². The summed E-state index contributed by atoms with van der Waals surface area (Å²) in [7, 11) is 0. The van der Waals surface area contributed by atoms with Crippen molar-refractivity contribution in [1.82, 2.24) is 5.32 Å². The summed E-state index contributed by atoms with van der Waals surface area (Å²) in [5, 5.41) is 7.29. The topological polar surface area (TPSA) is 50.4 Å². The predicted octanol–water partition coefficient (Wildman–Crippen LogP) is 4.54. The van der Waals surface area contributed by atoms with Gasteiger partial charge in [0.05, 0.1) is 18.2 Å². The first-order chi connectivity index (χ1) is 12.6. The van der Waals surface area contributed by atoms with Gasteiger partial charge in [-0.3, -0.25) is 0 Å². The second-order valence-corrected chi connectivity index (χ2v) is 6.90. The predicted molar refractivity (Wildman–Crippen MR) is 109 cm³/mol. The molecule has 26 heavy (non-hydrogen) atoms. The van der Waals surface area contributed by atoms with Crippen molar-refractivity contribution in [1.29, 1.82) is 0 Å². The van der Waals surface area contributed by atoms with Gasteiger partial charge in [-0.25, -0.2) is 4.79 Å². The number of anilines is 1. The average molecular weight is 369 g/mol. The van der Waals surface area contributed by atoms with Crippen LogP contribution in [-0.2, 0) is 11.2 Å². The van der Waals surface area contributed by atoms with Crippen LogP contribution in [0.2, 0.25) is 0 Å². The summed E-state index contributed by atoms with van der Waals surface area (Å²) < 4.78 is 5.04. The molecule has 5 heteroatoms. The van der Waals surface area contributed by atoms with Crippen LogP contribution in [0.5, 0.6) is 0 Å². The Morgan fingerprint density at radius 1 is 1.27 bits per heavy atom. The van der Waals surface area contributed by atoms with Gasteiger partial charge in [-0.15, -0.1) is 0 Å². The molecular weight excluding hydrogens is 344 g/mol. The van der Waals surface area contributed by atoms with E-state index in [0.717, 1.165) is 30.5 Å². The van der Waals surface area contributed by atoms with Crippen LogP contribution in [0.4, 0.5) is 5.69 Å². The molecule has 0 heterocycles. The third kappa shape index (κ3) is 4.22. The summed E-state index contributed by atoms with van der Waals surface area (Å²) in [4.78, 5) is 11.8. The fourth-order valence-corrected chi connectivity index (χ4v) is 3.62. The van der Waals surface area contributed by atoms with Crippen molar-refractivity contribution in [3.05, 3.63) is 64.7 Å². The molecule has 0 saturated carbocycles. The van der Waals surface area contributed by atoms with Crippen LogP contribution in [-0.4, -0.2) is 17.7 Å². The standard InChI is InChI=1S/C21H24N2O2S/c1-3-25-20(24)16-11-12-18(14(2)13-16)22-21(26)23-19-10-6-8-15-7-4-5-9-17(15)19/h4-5,7,9,11-13,19H,3,6,8,10H2,1-2H3,(H2,22,23,26)/t19-/m0/s1. The van der Waals surface area contributed by atoms with Crippen molar-refractivity contribution in [3.63, 3.8) is 0 Å². The van der Waals surface area contributed by atoms with Gasteiger partial charge in [0.2, 0.25) is 0 Å². The Morgan fingerprint density at radius 2 is 2.08 bits per heavy atom. The fraction of sp³-hybridized carbons (Fsp3) is 0.333. The van der Waals surface area contributed by atoms with E-state index in [1.54, 1.807) is 13.0 Å². The molecule has 0 saturated heterocycles. The summed E-state index contributed by atoms with van der Waals surface area (Å²) in [6, 6.07) is 14.2. The molecule has 1 atom stereocenters. The zero-order valence-electron chi connectivity index (χ0n) is 15.2. The van der Waals surface area contributed by atoms with E-state index in [4.69, 9.17) is 17.0 Å². The van der Waals surface area contributed by atoms with E-state index in [2.05, 4.69) is 34.9 Å². The summed E-state index contributed by atoms with van der Waals surface area (Å²) in [5.41, 5.74) is 5.12. The highest BCUT2D eigenvalue weighted by molar-refractivity contribution is 7.80. The monoisotopic (exact) mass is 368 g/mol. The number of thiocarbonyl (C=S) groups is 1.